The van der Waals surface area contributed by atoms with E-state index in [1.165, 1.54) is 24.3 Å². The minimum absolute atomic E-state index is 0.0221. The van der Waals surface area contributed by atoms with Crippen molar-refractivity contribution in [2.24, 2.45) is 10.2 Å². The lowest BCUT2D eigenvalue weighted by Crippen LogP contribution is -2.12. The molecule has 0 bridgehead atoms. The van der Waals surface area contributed by atoms with Gasteiger partial charge in [0.15, 0.2) is 0 Å². The van der Waals surface area contributed by atoms with E-state index in [2.05, 4.69) is 10.5 Å². The first-order valence-corrected chi connectivity index (χ1v) is 9.26. The maximum Gasteiger partial charge on any atom is 0.238 e. The van der Waals surface area contributed by atoms with Gasteiger partial charge in [0.2, 0.25) is 10.0 Å². The third kappa shape index (κ3) is 4.33. The number of nitrogens with zero attached hydrogens (tertiary/aromatic N) is 1. The highest BCUT2D eigenvalue weighted by atomic mass is 32.2. The Bertz CT molecular complexity index is 1020. The van der Waals surface area contributed by atoms with Crippen molar-refractivity contribution in [1.29, 1.82) is 0 Å². The highest BCUT2D eigenvalue weighted by molar-refractivity contribution is 7.89. The molecule has 3 rings (SSSR count). The maximum absolute atomic E-state index is 13.2. The Morgan fingerprint density at radius 1 is 0.846 bits per heavy atom. The van der Waals surface area contributed by atoms with Crippen molar-refractivity contribution in [3.63, 3.8) is 0 Å². The molecule has 3 aromatic carbocycles. The molecule has 3 N–H and O–H groups in total. The van der Waals surface area contributed by atoms with Gasteiger partial charge in [-0.1, -0.05) is 30.3 Å². The molecule has 0 heterocycles. The summed E-state index contributed by atoms with van der Waals surface area (Å²) in [5.74, 6) is -0.326. The van der Waals surface area contributed by atoms with E-state index in [1.807, 2.05) is 30.3 Å². The van der Waals surface area contributed by atoms with E-state index in [1.54, 1.807) is 24.3 Å². The zero-order chi connectivity index (χ0) is 18.6. The van der Waals surface area contributed by atoms with Gasteiger partial charge in [0, 0.05) is 11.1 Å². The van der Waals surface area contributed by atoms with E-state index in [4.69, 9.17) is 5.14 Å². The molecule has 0 unspecified atom stereocenters. The minimum Gasteiger partial charge on any atom is -0.278 e. The van der Waals surface area contributed by atoms with Crippen LogP contribution in [0, 0.1) is 5.82 Å². The molecule has 5 nitrogen and oxygen atoms in total. The summed E-state index contributed by atoms with van der Waals surface area (Å²) in [4.78, 5) is 0.0221. The highest BCUT2D eigenvalue weighted by Gasteiger charge is 2.09. The van der Waals surface area contributed by atoms with Gasteiger partial charge >= 0.3 is 0 Å². The first-order chi connectivity index (χ1) is 12.4. The molecule has 0 aliphatic rings. The Balaban J connectivity index is 1.93. The number of sulfonamides is 1. The monoisotopic (exact) mass is 369 g/mol. The molecule has 3 aromatic rings. The van der Waals surface area contributed by atoms with Gasteiger partial charge in [-0.05, 0) is 48.5 Å². The number of primary sulfonamides is 1. The van der Waals surface area contributed by atoms with Gasteiger partial charge in [0.05, 0.1) is 16.3 Å². The molecule has 0 spiro atoms. The second-order valence-electron chi connectivity index (χ2n) is 5.51. The fraction of sp³-hybridized carbons (Fsp3) is 0. The molecule has 0 aliphatic heterocycles. The topological polar surface area (TPSA) is 84.5 Å². The van der Waals surface area contributed by atoms with Crippen molar-refractivity contribution >= 4 is 21.4 Å². The summed E-state index contributed by atoms with van der Waals surface area (Å²) in [6.07, 6.45) is 0. The predicted molar refractivity (Wildman–Crippen MR) is 99.9 cm³/mol. The summed E-state index contributed by atoms with van der Waals surface area (Å²) in [7, 11) is -3.74. The molecule has 26 heavy (non-hydrogen) atoms. The summed E-state index contributed by atoms with van der Waals surface area (Å²) >= 11 is 0. The summed E-state index contributed by atoms with van der Waals surface area (Å²) < 4.78 is 35.8. The third-order valence-electron chi connectivity index (χ3n) is 3.64. The average molecular weight is 369 g/mol. The molecule has 0 amide bonds. The van der Waals surface area contributed by atoms with Crippen LogP contribution in [-0.4, -0.2) is 14.1 Å². The average Bonchev–Trinajstić information content (AvgIpc) is 2.64. The van der Waals surface area contributed by atoms with Gasteiger partial charge in [-0.3, -0.25) is 5.43 Å². The number of hydrogen-bond donors (Lipinski definition) is 2. The van der Waals surface area contributed by atoms with Gasteiger partial charge in [0.25, 0.3) is 0 Å². The fourth-order valence-electron chi connectivity index (χ4n) is 2.34. The van der Waals surface area contributed by atoms with Crippen LogP contribution in [0.15, 0.2) is 88.9 Å². The second kappa shape index (κ2) is 7.47. The Morgan fingerprint density at radius 2 is 1.42 bits per heavy atom. The second-order valence-corrected chi connectivity index (χ2v) is 7.08. The van der Waals surface area contributed by atoms with Crippen molar-refractivity contribution in [2.45, 2.75) is 4.90 Å². The number of rotatable bonds is 5. The minimum atomic E-state index is -3.74. The van der Waals surface area contributed by atoms with E-state index >= 15 is 0 Å². The van der Waals surface area contributed by atoms with Crippen LogP contribution in [0.5, 0.6) is 0 Å². The summed E-state index contributed by atoms with van der Waals surface area (Å²) in [6, 6.07) is 21.4. The van der Waals surface area contributed by atoms with Gasteiger partial charge in [-0.25, -0.2) is 17.9 Å². The van der Waals surface area contributed by atoms with E-state index in [9.17, 15) is 12.8 Å². The van der Waals surface area contributed by atoms with E-state index in [0.717, 1.165) is 11.1 Å². The Kier molecular flexibility index (Phi) is 5.11. The first-order valence-electron chi connectivity index (χ1n) is 7.71. The maximum atomic E-state index is 13.2. The van der Waals surface area contributed by atoms with E-state index < -0.39 is 10.0 Å². The molecule has 0 atom stereocenters. The molecule has 0 saturated heterocycles. The lowest BCUT2D eigenvalue weighted by Gasteiger charge is -2.09. The molecule has 0 aromatic heterocycles. The number of anilines is 1. The molecule has 132 valence electrons. The fourth-order valence-corrected chi connectivity index (χ4v) is 2.85. The third-order valence-corrected chi connectivity index (χ3v) is 4.57. The number of nitrogens with two attached hydrogens (primary N) is 1. The van der Waals surface area contributed by atoms with Crippen LogP contribution < -0.4 is 10.6 Å². The van der Waals surface area contributed by atoms with Crippen LogP contribution in [0.2, 0.25) is 0 Å². The highest BCUT2D eigenvalue weighted by Crippen LogP contribution is 2.15. The molecule has 0 radical (unpaired) electrons. The number of hydrogen-bond acceptors (Lipinski definition) is 4. The molecule has 0 aliphatic carbocycles. The SMILES string of the molecule is NS(=O)(=O)c1ccc(NN=C(c2ccccc2)c2ccc(F)cc2)cc1. The van der Waals surface area contributed by atoms with Crippen molar-refractivity contribution in [2.75, 3.05) is 5.43 Å². The lowest BCUT2D eigenvalue weighted by molar-refractivity contribution is 0.598. The van der Waals surface area contributed by atoms with Crippen LogP contribution in [0.4, 0.5) is 10.1 Å². The molecular formula is C19H16FN3O2S. The Labute approximate surface area is 151 Å². The quantitative estimate of drug-likeness (QED) is 0.534. The van der Waals surface area contributed by atoms with Crippen LogP contribution in [-0.2, 0) is 10.0 Å². The standard InChI is InChI=1S/C19H16FN3O2S/c20-16-8-6-15(7-9-16)19(14-4-2-1-3-5-14)23-22-17-10-12-18(13-11-17)26(21,24)25/h1-13,22H,(H2,21,24,25). The number of benzene rings is 3. The zero-order valence-electron chi connectivity index (χ0n) is 13.6. The van der Waals surface area contributed by atoms with Gasteiger partial charge in [-0.15, -0.1) is 0 Å². The van der Waals surface area contributed by atoms with Crippen molar-refractivity contribution in [3.8, 4) is 0 Å². The molecule has 0 saturated carbocycles. The summed E-state index contributed by atoms with van der Waals surface area (Å²) in [5, 5.41) is 9.51. The first kappa shape index (κ1) is 17.8. The predicted octanol–water partition coefficient (Wildman–Crippen LogP) is 3.34. The molecule has 7 heteroatoms. The normalized spacial score (nSPS) is 12.0. The lowest BCUT2D eigenvalue weighted by atomic mass is 10.0. The van der Waals surface area contributed by atoms with Crippen molar-refractivity contribution in [3.05, 3.63) is 95.8 Å². The van der Waals surface area contributed by atoms with Gasteiger partial charge in [0.1, 0.15) is 5.82 Å². The van der Waals surface area contributed by atoms with Crippen LogP contribution in [0.25, 0.3) is 0 Å². The Morgan fingerprint density at radius 3 is 2.00 bits per heavy atom. The van der Waals surface area contributed by atoms with Crippen LogP contribution in [0.3, 0.4) is 0 Å². The Hall–Kier alpha value is -3.03. The number of hydrazone groups is 1. The smallest absolute Gasteiger partial charge is 0.238 e. The zero-order valence-corrected chi connectivity index (χ0v) is 14.4. The van der Waals surface area contributed by atoms with E-state index in [0.29, 0.717) is 11.4 Å². The summed E-state index contributed by atoms with van der Waals surface area (Å²) in [6.45, 7) is 0. The van der Waals surface area contributed by atoms with Gasteiger partial charge < -0.3 is 0 Å². The van der Waals surface area contributed by atoms with Gasteiger partial charge in [-0.2, -0.15) is 5.10 Å². The van der Waals surface area contributed by atoms with Crippen molar-refractivity contribution < 1.29 is 12.8 Å². The van der Waals surface area contributed by atoms with Crippen molar-refractivity contribution in [1.82, 2.24) is 0 Å². The van der Waals surface area contributed by atoms with Crippen LogP contribution in [0.1, 0.15) is 11.1 Å². The summed E-state index contributed by atoms with van der Waals surface area (Å²) in [5.41, 5.74) is 5.71. The molecule has 0 fully saturated rings. The van der Waals surface area contributed by atoms with Crippen LogP contribution >= 0.6 is 0 Å². The largest absolute Gasteiger partial charge is 0.278 e. The number of halogens is 1. The van der Waals surface area contributed by atoms with E-state index in [-0.39, 0.29) is 10.7 Å². The number of nitrogens with one attached hydrogen (secondary N) is 1. The molecular weight excluding hydrogens is 353 g/mol.